The third kappa shape index (κ3) is 2.51. The second-order valence-corrected chi connectivity index (χ2v) is 4.44. The van der Waals surface area contributed by atoms with Gasteiger partial charge in [0, 0.05) is 5.69 Å². The van der Waals surface area contributed by atoms with Gasteiger partial charge in [0.05, 0.1) is 5.69 Å². The summed E-state index contributed by atoms with van der Waals surface area (Å²) < 4.78 is -1.41. The Hall–Kier alpha value is 0.0200. The van der Waals surface area contributed by atoms with E-state index in [1.165, 1.54) is 0 Å². The molecule has 0 saturated carbocycles. The van der Waals surface area contributed by atoms with Crippen molar-refractivity contribution >= 4 is 34.8 Å². The fourth-order valence-electron chi connectivity index (χ4n) is 0.701. The minimum atomic E-state index is -1.41. The number of hydrogen-bond acceptors (Lipinski definition) is 1. The molecule has 0 bridgehead atoms. The second-order valence-electron chi connectivity index (χ2n) is 2.16. The lowest BCUT2D eigenvalue weighted by molar-refractivity contribution is 1.04. The Balaban J connectivity index is 3.06. The van der Waals surface area contributed by atoms with Crippen LogP contribution >= 0.6 is 34.8 Å². The summed E-state index contributed by atoms with van der Waals surface area (Å²) in [7, 11) is 0. The standard InChI is InChI=1S/C7H6Cl3N/c1-5-3-2-4-6(11-5)7(8,9)10/h2-4H,1H3. The van der Waals surface area contributed by atoms with Gasteiger partial charge < -0.3 is 0 Å². The summed E-state index contributed by atoms with van der Waals surface area (Å²) in [6.45, 7) is 1.85. The molecular weight excluding hydrogens is 204 g/mol. The number of rotatable bonds is 0. The molecule has 0 unspecified atom stereocenters. The molecule has 0 spiro atoms. The number of hydrogen-bond donors (Lipinski definition) is 0. The maximum absolute atomic E-state index is 5.60. The van der Waals surface area contributed by atoms with Gasteiger partial charge in [0.15, 0.2) is 0 Å². The van der Waals surface area contributed by atoms with E-state index < -0.39 is 3.79 Å². The first-order valence-electron chi connectivity index (χ1n) is 3.01. The summed E-state index contributed by atoms with van der Waals surface area (Å²) in [4.78, 5) is 4.05. The zero-order valence-corrected chi connectivity index (χ0v) is 8.08. The molecule has 1 heterocycles. The van der Waals surface area contributed by atoms with Gasteiger partial charge in [-0.2, -0.15) is 0 Å². The number of alkyl halides is 3. The van der Waals surface area contributed by atoms with Crippen molar-refractivity contribution in [3.63, 3.8) is 0 Å². The van der Waals surface area contributed by atoms with E-state index in [0.717, 1.165) is 5.69 Å². The van der Waals surface area contributed by atoms with Gasteiger partial charge in [-0.25, -0.2) is 0 Å². The summed E-state index contributed by atoms with van der Waals surface area (Å²) >= 11 is 16.8. The van der Waals surface area contributed by atoms with E-state index >= 15 is 0 Å². The molecule has 4 heteroatoms. The summed E-state index contributed by atoms with van der Waals surface area (Å²) in [6, 6.07) is 5.33. The molecule has 1 aromatic heterocycles. The van der Waals surface area contributed by atoms with E-state index in [0.29, 0.717) is 5.69 Å². The van der Waals surface area contributed by atoms with Crippen molar-refractivity contribution in [3.8, 4) is 0 Å². The van der Waals surface area contributed by atoms with Crippen LogP contribution in [0.2, 0.25) is 0 Å². The van der Waals surface area contributed by atoms with Gasteiger partial charge in [0.1, 0.15) is 0 Å². The fraction of sp³-hybridized carbons (Fsp3) is 0.286. The van der Waals surface area contributed by atoms with E-state index in [2.05, 4.69) is 4.98 Å². The van der Waals surface area contributed by atoms with Gasteiger partial charge in [-0.1, -0.05) is 40.9 Å². The molecule has 1 rings (SSSR count). The Morgan fingerprint density at radius 3 is 2.27 bits per heavy atom. The van der Waals surface area contributed by atoms with Crippen molar-refractivity contribution in [2.24, 2.45) is 0 Å². The third-order valence-corrected chi connectivity index (χ3v) is 1.76. The Morgan fingerprint density at radius 2 is 1.91 bits per heavy atom. The van der Waals surface area contributed by atoms with E-state index in [1.54, 1.807) is 12.1 Å². The summed E-state index contributed by atoms with van der Waals surface area (Å²) in [6.07, 6.45) is 0. The van der Waals surface area contributed by atoms with Crippen LogP contribution in [0.4, 0.5) is 0 Å². The number of nitrogens with zero attached hydrogens (tertiary/aromatic N) is 1. The predicted octanol–water partition coefficient (Wildman–Crippen LogP) is 3.22. The van der Waals surface area contributed by atoms with Gasteiger partial charge in [-0.3, -0.25) is 4.98 Å². The monoisotopic (exact) mass is 209 g/mol. The maximum Gasteiger partial charge on any atom is 0.232 e. The lowest BCUT2D eigenvalue weighted by Crippen LogP contribution is -2.03. The van der Waals surface area contributed by atoms with Crippen molar-refractivity contribution in [2.75, 3.05) is 0 Å². The Kier molecular flexibility index (Phi) is 2.63. The van der Waals surface area contributed by atoms with Crippen molar-refractivity contribution in [2.45, 2.75) is 10.7 Å². The Labute approximate surface area is 80.3 Å². The van der Waals surface area contributed by atoms with Crippen LogP contribution in [0.25, 0.3) is 0 Å². The molecule has 0 aliphatic rings. The van der Waals surface area contributed by atoms with E-state index in [-0.39, 0.29) is 0 Å². The van der Waals surface area contributed by atoms with Crippen LogP contribution in [0, 0.1) is 6.92 Å². The molecule has 0 N–H and O–H groups in total. The summed E-state index contributed by atoms with van der Waals surface area (Å²) in [5, 5.41) is 0. The van der Waals surface area contributed by atoms with Crippen molar-refractivity contribution in [1.82, 2.24) is 4.98 Å². The average molecular weight is 210 g/mol. The van der Waals surface area contributed by atoms with E-state index in [4.69, 9.17) is 34.8 Å². The van der Waals surface area contributed by atoms with Gasteiger partial charge in [-0.15, -0.1) is 0 Å². The largest absolute Gasteiger partial charge is 0.254 e. The molecule has 0 amide bonds. The van der Waals surface area contributed by atoms with Crippen LogP contribution < -0.4 is 0 Å². The van der Waals surface area contributed by atoms with Gasteiger partial charge in [0.25, 0.3) is 0 Å². The topological polar surface area (TPSA) is 12.9 Å². The molecule has 60 valence electrons. The lowest BCUT2D eigenvalue weighted by Gasteiger charge is -2.09. The molecule has 11 heavy (non-hydrogen) atoms. The van der Waals surface area contributed by atoms with Crippen molar-refractivity contribution in [1.29, 1.82) is 0 Å². The number of halogens is 3. The molecule has 1 nitrogen and oxygen atoms in total. The zero-order chi connectivity index (χ0) is 8.48. The highest BCUT2D eigenvalue weighted by atomic mass is 35.6. The number of aromatic nitrogens is 1. The van der Waals surface area contributed by atoms with Crippen LogP contribution in [0.15, 0.2) is 18.2 Å². The second kappa shape index (κ2) is 3.18. The quantitative estimate of drug-likeness (QED) is 0.599. The maximum atomic E-state index is 5.60. The smallest absolute Gasteiger partial charge is 0.232 e. The van der Waals surface area contributed by atoms with Crippen molar-refractivity contribution < 1.29 is 0 Å². The Bertz CT molecular complexity index is 254. The molecule has 0 radical (unpaired) electrons. The van der Waals surface area contributed by atoms with Gasteiger partial charge >= 0.3 is 0 Å². The third-order valence-electron chi connectivity index (χ3n) is 1.18. The molecular formula is C7H6Cl3N. The zero-order valence-electron chi connectivity index (χ0n) is 5.81. The molecule has 0 aliphatic carbocycles. The van der Waals surface area contributed by atoms with Crippen LogP contribution in [-0.4, -0.2) is 4.98 Å². The summed E-state index contributed by atoms with van der Waals surface area (Å²) in [5.74, 6) is 0. The minimum Gasteiger partial charge on any atom is -0.254 e. The first kappa shape index (κ1) is 9.11. The van der Waals surface area contributed by atoms with Gasteiger partial charge in [0.2, 0.25) is 3.79 Å². The number of pyridine rings is 1. The Morgan fingerprint density at radius 1 is 1.27 bits per heavy atom. The van der Waals surface area contributed by atoms with Crippen LogP contribution in [0.1, 0.15) is 11.4 Å². The normalized spacial score (nSPS) is 11.6. The molecule has 0 aliphatic heterocycles. The van der Waals surface area contributed by atoms with E-state index in [1.807, 2.05) is 13.0 Å². The SMILES string of the molecule is Cc1cccc(C(Cl)(Cl)Cl)n1. The minimum absolute atomic E-state index is 0.461. The first-order chi connectivity index (χ1) is 5.00. The molecule has 1 aromatic rings. The van der Waals surface area contributed by atoms with Crippen LogP contribution in [0.3, 0.4) is 0 Å². The van der Waals surface area contributed by atoms with E-state index in [9.17, 15) is 0 Å². The van der Waals surface area contributed by atoms with Crippen LogP contribution in [0.5, 0.6) is 0 Å². The molecule has 0 fully saturated rings. The number of aryl methyl sites for hydroxylation is 1. The molecule has 0 saturated heterocycles. The molecule has 0 atom stereocenters. The first-order valence-corrected chi connectivity index (χ1v) is 4.14. The lowest BCUT2D eigenvalue weighted by atomic mass is 10.3. The highest BCUT2D eigenvalue weighted by Crippen LogP contribution is 2.36. The van der Waals surface area contributed by atoms with Gasteiger partial charge in [-0.05, 0) is 19.1 Å². The van der Waals surface area contributed by atoms with Crippen molar-refractivity contribution in [3.05, 3.63) is 29.6 Å². The average Bonchev–Trinajstić information content (AvgIpc) is 1.86. The fourth-order valence-corrected chi connectivity index (χ4v) is 1.02. The summed E-state index contributed by atoms with van der Waals surface area (Å²) in [5.41, 5.74) is 1.30. The highest BCUT2D eigenvalue weighted by Gasteiger charge is 2.23. The van der Waals surface area contributed by atoms with Crippen LogP contribution in [-0.2, 0) is 3.79 Å². The predicted molar refractivity (Wildman–Crippen MR) is 48.2 cm³/mol. The highest BCUT2D eigenvalue weighted by molar-refractivity contribution is 6.66. The molecule has 0 aromatic carbocycles.